The van der Waals surface area contributed by atoms with E-state index in [0.29, 0.717) is 0 Å². The van der Waals surface area contributed by atoms with Crippen LogP contribution in [0.25, 0.3) is 0 Å². The summed E-state index contributed by atoms with van der Waals surface area (Å²) in [7, 11) is 0. The van der Waals surface area contributed by atoms with Crippen molar-refractivity contribution in [2.45, 2.75) is 6.92 Å². The predicted octanol–water partition coefficient (Wildman–Crippen LogP) is 0.134. The fourth-order valence-electron chi connectivity index (χ4n) is 1.19. The van der Waals surface area contributed by atoms with Crippen LogP contribution >= 0.6 is 11.9 Å². The molecule has 0 radical (unpaired) electrons. The van der Waals surface area contributed by atoms with Gasteiger partial charge in [0.2, 0.25) is 0 Å². The molecule has 0 saturated heterocycles. The first-order valence-corrected chi connectivity index (χ1v) is 5.00. The summed E-state index contributed by atoms with van der Waals surface area (Å²) in [6.45, 7) is 1.86. The second-order valence-electron chi connectivity index (χ2n) is 2.75. The first kappa shape index (κ1) is 8.46. The lowest BCUT2D eigenvalue weighted by Gasteiger charge is -2.24. The average molecular weight is 198 g/mol. The Morgan fingerprint density at radius 1 is 1.54 bits per heavy atom. The van der Waals surface area contributed by atoms with Crippen molar-refractivity contribution in [1.29, 1.82) is 0 Å². The molecule has 2 rings (SSSR count). The fraction of sp³-hybridized carbons (Fsp3) is 0.286. The lowest BCUT2D eigenvalue weighted by Crippen LogP contribution is -2.46. The molecule has 13 heavy (non-hydrogen) atoms. The van der Waals surface area contributed by atoms with Gasteiger partial charge >= 0.3 is 0 Å². The standard InChI is InChI=1S/C7H10N4OS/c1-5-3-7(12)11-6(8-5)4-10(9-11)13-2/h3-4,8-9H,1-2H3. The first-order valence-electron chi connectivity index (χ1n) is 3.81. The number of amides is 1. The molecule has 6 heteroatoms. The zero-order chi connectivity index (χ0) is 9.42. The summed E-state index contributed by atoms with van der Waals surface area (Å²) in [5, 5.41) is 4.54. The second-order valence-corrected chi connectivity index (χ2v) is 3.51. The van der Waals surface area contributed by atoms with Gasteiger partial charge in [-0.15, -0.1) is 5.53 Å². The van der Waals surface area contributed by atoms with Gasteiger partial charge in [-0.05, 0) is 18.9 Å². The Hall–Kier alpha value is -1.14. The van der Waals surface area contributed by atoms with Crippen LogP contribution in [0.4, 0.5) is 0 Å². The highest BCUT2D eigenvalue weighted by Gasteiger charge is 2.28. The van der Waals surface area contributed by atoms with Gasteiger partial charge in [-0.3, -0.25) is 4.79 Å². The number of hydrogen-bond donors (Lipinski definition) is 2. The summed E-state index contributed by atoms with van der Waals surface area (Å²) in [6, 6.07) is 0. The topological polar surface area (TPSA) is 47.6 Å². The van der Waals surface area contributed by atoms with Gasteiger partial charge in [-0.25, -0.2) is 9.42 Å². The Balaban J connectivity index is 2.24. The monoisotopic (exact) mass is 198 g/mol. The van der Waals surface area contributed by atoms with Crippen molar-refractivity contribution in [3.8, 4) is 0 Å². The van der Waals surface area contributed by atoms with Gasteiger partial charge in [0.05, 0.1) is 6.20 Å². The van der Waals surface area contributed by atoms with E-state index in [1.54, 1.807) is 10.5 Å². The molecule has 2 N–H and O–H groups in total. The molecule has 0 aromatic carbocycles. The van der Waals surface area contributed by atoms with Gasteiger partial charge in [0.15, 0.2) is 0 Å². The number of rotatable bonds is 1. The highest BCUT2D eigenvalue weighted by atomic mass is 32.2. The summed E-state index contributed by atoms with van der Waals surface area (Å²) in [4.78, 5) is 11.4. The SMILES string of the molecule is CSN1C=C2NC(C)=CC(=O)N2N1. The molecule has 5 nitrogen and oxygen atoms in total. The lowest BCUT2D eigenvalue weighted by atomic mass is 10.3. The molecule has 70 valence electrons. The molecule has 0 aromatic rings. The normalized spacial score (nSPS) is 20.9. The van der Waals surface area contributed by atoms with Gasteiger partial charge < -0.3 is 5.32 Å². The number of carbonyl (C=O) groups is 1. The van der Waals surface area contributed by atoms with Crippen molar-refractivity contribution < 1.29 is 4.79 Å². The molecule has 0 aromatic heterocycles. The molecule has 0 saturated carbocycles. The second kappa shape index (κ2) is 2.97. The van der Waals surface area contributed by atoms with Crippen LogP contribution in [0.1, 0.15) is 6.92 Å². The Morgan fingerprint density at radius 2 is 2.31 bits per heavy atom. The summed E-state index contributed by atoms with van der Waals surface area (Å²) in [5.74, 6) is 0.707. The third kappa shape index (κ3) is 1.38. The molecular weight excluding hydrogens is 188 g/mol. The van der Waals surface area contributed by atoms with E-state index in [0.717, 1.165) is 11.5 Å². The van der Waals surface area contributed by atoms with Crippen LogP contribution in [0, 0.1) is 0 Å². The lowest BCUT2D eigenvalue weighted by molar-refractivity contribution is -0.128. The maximum atomic E-state index is 11.4. The first-order chi connectivity index (χ1) is 6.20. The maximum absolute atomic E-state index is 11.4. The van der Waals surface area contributed by atoms with Crippen LogP contribution < -0.4 is 10.9 Å². The number of fused-ring (bicyclic) bond motifs is 1. The van der Waals surface area contributed by atoms with Crippen molar-refractivity contribution in [1.82, 2.24) is 20.3 Å². The molecule has 0 spiro atoms. The van der Waals surface area contributed by atoms with E-state index in [1.165, 1.54) is 17.0 Å². The van der Waals surface area contributed by atoms with E-state index in [2.05, 4.69) is 10.9 Å². The Morgan fingerprint density at radius 3 is 3.00 bits per heavy atom. The number of carbonyl (C=O) groups excluding carboxylic acids is 1. The molecule has 1 amide bonds. The van der Waals surface area contributed by atoms with Gasteiger partial charge in [0.1, 0.15) is 5.82 Å². The van der Waals surface area contributed by atoms with Crippen molar-refractivity contribution in [3.05, 3.63) is 23.8 Å². The van der Waals surface area contributed by atoms with Crippen molar-refractivity contribution >= 4 is 17.9 Å². The minimum atomic E-state index is -0.0564. The van der Waals surface area contributed by atoms with Crippen LogP contribution in [0.15, 0.2) is 23.8 Å². The summed E-state index contributed by atoms with van der Waals surface area (Å²) < 4.78 is 1.76. The van der Waals surface area contributed by atoms with Crippen molar-refractivity contribution in [2.24, 2.45) is 0 Å². The van der Waals surface area contributed by atoms with Crippen LogP contribution in [-0.2, 0) is 4.79 Å². The van der Waals surface area contributed by atoms with Gasteiger partial charge in [0.25, 0.3) is 5.91 Å². The van der Waals surface area contributed by atoms with Crippen LogP contribution in [0.3, 0.4) is 0 Å². The number of nitrogens with zero attached hydrogens (tertiary/aromatic N) is 2. The Labute approximate surface area is 80.5 Å². The number of nitrogens with one attached hydrogen (secondary N) is 2. The summed E-state index contributed by atoms with van der Waals surface area (Å²) in [5.41, 5.74) is 3.75. The molecule has 0 aliphatic carbocycles. The summed E-state index contributed by atoms with van der Waals surface area (Å²) in [6.07, 6.45) is 5.31. The minimum absolute atomic E-state index is 0.0564. The third-order valence-corrected chi connectivity index (χ3v) is 2.34. The Bertz CT molecular complexity index is 312. The molecule has 2 aliphatic heterocycles. The van der Waals surface area contributed by atoms with E-state index in [9.17, 15) is 4.79 Å². The van der Waals surface area contributed by atoms with E-state index >= 15 is 0 Å². The third-order valence-electron chi connectivity index (χ3n) is 1.76. The molecule has 0 fully saturated rings. The highest BCUT2D eigenvalue weighted by molar-refractivity contribution is 7.96. The van der Waals surface area contributed by atoms with Gasteiger partial charge in [0, 0.05) is 18.0 Å². The predicted molar refractivity (Wildman–Crippen MR) is 50.3 cm³/mol. The average Bonchev–Trinajstić information content (AvgIpc) is 2.47. The van der Waals surface area contributed by atoms with Crippen LogP contribution in [-0.4, -0.2) is 21.6 Å². The fourth-order valence-corrected chi connectivity index (χ4v) is 1.56. The zero-order valence-electron chi connectivity index (χ0n) is 7.37. The number of allylic oxidation sites excluding steroid dienone is 1. The van der Waals surface area contributed by atoms with E-state index < -0.39 is 0 Å². The van der Waals surface area contributed by atoms with Gasteiger partial charge in [-0.1, -0.05) is 0 Å². The highest BCUT2D eigenvalue weighted by Crippen LogP contribution is 2.18. The zero-order valence-corrected chi connectivity index (χ0v) is 8.18. The number of hydrazine groups is 2. The van der Waals surface area contributed by atoms with Gasteiger partial charge in [-0.2, -0.15) is 0 Å². The molecule has 0 atom stereocenters. The molecule has 2 aliphatic rings. The van der Waals surface area contributed by atoms with E-state index in [-0.39, 0.29) is 5.91 Å². The van der Waals surface area contributed by atoms with Crippen molar-refractivity contribution in [2.75, 3.05) is 6.26 Å². The molecular formula is C7H10N4OS. The molecule has 0 bridgehead atoms. The minimum Gasteiger partial charge on any atom is -0.343 e. The molecule has 2 heterocycles. The van der Waals surface area contributed by atoms with Crippen molar-refractivity contribution in [3.63, 3.8) is 0 Å². The Kier molecular flexibility index (Phi) is 1.93. The van der Waals surface area contributed by atoms with E-state index in [4.69, 9.17) is 0 Å². The largest absolute Gasteiger partial charge is 0.343 e. The quantitative estimate of drug-likeness (QED) is 0.587. The number of hydrogen-bond acceptors (Lipinski definition) is 5. The summed E-state index contributed by atoms with van der Waals surface area (Å²) >= 11 is 1.49. The van der Waals surface area contributed by atoms with E-state index in [1.807, 2.05) is 19.4 Å². The smallest absolute Gasteiger partial charge is 0.269 e. The van der Waals surface area contributed by atoms with Crippen LogP contribution in [0.5, 0.6) is 0 Å². The van der Waals surface area contributed by atoms with Crippen LogP contribution in [0.2, 0.25) is 0 Å². The molecule has 0 unspecified atom stereocenters. The maximum Gasteiger partial charge on any atom is 0.269 e.